The second-order valence-electron chi connectivity index (χ2n) is 4.21. The zero-order chi connectivity index (χ0) is 13.5. The minimum absolute atomic E-state index is 0.0129. The second kappa shape index (κ2) is 4.93. The molecule has 0 aliphatic rings. The van der Waals surface area contributed by atoms with Crippen LogP contribution in [0.2, 0.25) is 5.02 Å². The van der Waals surface area contributed by atoms with Crippen LogP contribution in [-0.2, 0) is 5.60 Å². The van der Waals surface area contributed by atoms with Crippen molar-refractivity contribution in [1.82, 2.24) is 0 Å². The van der Waals surface area contributed by atoms with Gasteiger partial charge in [0.25, 0.3) is 0 Å². The smallest absolute Gasteiger partial charge is 0.149 e. The monoisotopic (exact) mass is 348 g/mol. The van der Waals surface area contributed by atoms with Gasteiger partial charge in [-0.05, 0) is 48.0 Å². The molecule has 1 unspecified atom stereocenters. The summed E-state index contributed by atoms with van der Waals surface area (Å²) in [5.74, 6) is -0.595. The average Bonchev–Trinajstić information content (AvgIpc) is 2.73. The molecule has 0 saturated carbocycles. The Morgan fingerprint density at radius 3 is 2.56 bits per heavy atom. The van der Waals surface area contributed by atoms with Crippen molar-refractivity contribution in [3.63, 3.8) is 0 Å². The van der Waals surface area contributed by atoms with E-state index >= 15 is 0 Å². The van der Waals surface area contributed by atoms with Crippen LogP contribution in [0.3, 0.4) is 0 Å². The minimum atomic E-state index is -1.38. The van der Waals surface area contributed by atoms with Crippen LogP contribution in [-0.4, -0.2) is 5.11 Å². The average molecular weight is 350 g/mol. The van der Waals surface area contributed by atoms with E-state index in [2.05, 4.69) is 15.9 Å². The Bertz CT molecular complexity index is 595. The summed E-state index contributed by atoms with van der Waals surface area (Å²) in [5, 5.41) is 10.6. The molecule has 2 rings (SSSR count). The zero-order valence-corrected chi connectivity index (χ0v) is 13.0. The summed E-state index contributed by atoms with van der Waals surface area (Å²) >= 11 is 10.4. The Hall–Kier alpha value is -0.420. The van der Waals surface area contributed by atoms with Gasteiger partial charge in [-0.3, -0.25) is 0 Å². The van der Waals surface area contributed by atoms with Crippen molar-refractivity contribution in [2.45, 2.75) is 19.4 Å². The number of thiophene rings is 1. The topological polar surface area (TPSA) is 20.2 Å². The molecule has 1 nitrogen and oxygen atoms in total. The van der Waals surface area contributed by atoms with Gasteiger partial charge in [0.1, 0.15) is 11.4 Å². The Kier molecular flexibility index (Phi) is 3.83. The molecule has 0 saturated heterocycles. The molecule has 1 atom stereocenters. The molecule has 96 valence electrons. The van der Waals surface area contributed by atoms with Crippen LogP contribution in [0.1, 0.15) is 22.2 Å². The fourth-order valence-electron chi connectivity index (χ4n) is 1.73. The van der Waals surface area contributed by atoms with Gasteiger partial charge in [0, 0.05) is 19.8 Å². The molecule has 0 spiro atoms. The van der Waals surface area contributed by atoms with Crippen molar-refractivity contribution in [3.8, 4) is 0 Å². The summed E-state index contributed by atoms with van der Waals surface area (Å²) in [6.07, 6.45) is 0. The van der Waals surface area contributed by atoms with Crippen LogP contribution in [0.25, 0.3) is 0 Å². The molecule has 1 N–H and O–H groups in total. The second-order valence-corrected chi connectivity index (χ2v) is 6.73. The predicted molar refractivity (Wildman–Crippen MR) is 76.8 cm³/mol. The molecule has 0 aliphatic heterocycles. The van der Waals surface area contributed by atoms with Crippen molar-refractivity contribution in [2.24, 2.45) is 0 Å². The van der Waals surface area contributed by atoms with E-state index in [1.807, 2.05) is 13.0 Å². The van der Waals surface area contributed by atoms with Crippen LogP contribution in [0, 0.1) is 12.7 Å². The van der Waals surface area contributed by atoms with E-state index in [0.717, 1.165) is 4.88 Å². The third-order valence-electron chi connectivity index (χ3n) is 2.78. The number of hydrogen-bond donors (Lipinski definition) is 1. The fraction of sp³-hybridized carbons (Fsp3) is 0.231. The normalized spacial score (nSPS) is 14.6. The standard InChI is InChI=1S/C13H11BrClFOS/c1-7-3-6-10(18-7)13(2,17)8-4-5-9(14)11(15)12(8)16/h3-6,17H,1-2H3. The molecule has 0 aliphatic carbocycles. The van der Waals surface area contributed by atoms with Gasteiger partial charge in [-0.25, -0.2) is 4.39 Å². The van der Waals surface area contributed by atoms with E-state index < -0.39 is 11.4 Å². The summed E-state index contributed by atoms with van der Waals surface area (Å²) < 4.78 is 14.6. The number of halogens is 3. The maximum atomic E-state index is 14.1. The van der Waals surface area contributed by atoms with E-state index in [1.54, 1.807) is 25.1 Å². The molecule has 1 aromatic carbocycles. The van der Waals surface area contributed by atoms with E-state index in [1.165, 1.54) is 11.3 Å². The largest absolute Gasteiger partial charge is 0.380 e. The first kappa shape index (κ1) is 14.0. The number of rotatable bonds is 2. The van der Waals surface area contributed by atoms with Gasteiger partial charge in [0.15, 0.2) is 0 Å². The fourth-order valence-corrected chi connectivity index (χ4v) is 3.13. The third-order valence-corrected chi connectivity index (χ3v) is 5.25. The SMILES string of the molecule is Cc1ccc(C(C)(O)c2ccc(Br)c(Cl)c2F)s1. The molecular formula is C13H11BrClFOS. The van der Waals surface area contributed by atoms with Gasteiger partial charge in [0.2, 0.25) is 0 Å². The number of benzene rings is 1. The highest BCUT2D eigenvalue weighted by molar-refractivity contribution is 9.10. The molecule has 18 heavy (non-hydrogen) atoms. The first-order valence-electron chi connectivity index (χ1n) is 5.27. The highest BCUT2D eigenvalue weighted by atomic mass is 79.9. The molecule has 0 fully saturated rings. The van der Waals surface area contributed by atoms with E-state index in [4.69, 9.17) is 11.6 Å². The number of aryl methyl sites for hydroxylation is 1. The number of aliphatic hydroxyl groups is 1. The lowest BCUT2D eigenvalue weighted by Crippen LogP contribution is -2.23. The minimum Gasteiger partial charge on any atom is -0.380 e. The maximum Gasteiger partial charge on any atom is 0.149 e. The lowest BCUT2D eigenvalue weighted by molar-refractivity contribution is 0.102. The van der Waals surface area contributed by atoms with Gasteiger partial charge in [-0.1, -0.05) is 17.7 Å². The summed E-state index contributed by atoms with van der Waals surface area (Å²) in [6.45, 7) is 3.51. The van der Waals surface area contributed by atoms with Crippen LogP contribution in [0.4, 0.5) is 4.39 Å². The summed E-state index contributed by atoms with van der Waals surface area (Å²) in [7, 11) is 0. The van der Waals surface area contributed by atoms with Gasteiger partial charge < -0.3 is 5.11 Å². The first-order chi connectivity index (χ1) is 8.34. The molecule has 1 aromatic heterocycles. The summed E-state index contributed by atoms with van der Waals surface area (Å²) in [4.78, 5) is 1.76. The van der Waals surface area contributed by atoms with Crippen molar-refractivity contribution in [3.05, 3.63) is 54.9 Å². The summed E-state index contributed by atoms with van der Waals surface area (Å²) in [6, 6.07) is 6.87. The first-order valence-corrected chi connectivity index (χ1v) is 7.26. The van der Waals surface area contributed by atoms with E-state index in [-0.39, 0.29) is 10.6 Å². The molecule has 5 heteroatoms. The van der Waals surface area contributed by atoms with Crippen molar-refractivity contribution < 1.29 is 9.50 Å². The lowest BCUT2D eigenvalue weighted by atomic mass is 9.94. The van der Waals surface area contributed by atoms with Gasteiger partial charge in [-0.15, -0.1) is 11.3 Å². The van der Waals surface area contributed by atoms with Crippen LogP contribution in [0.15, 0.2) is 28.7 Å². The predicted octanol–water partition coefficient (Wildman–Crippen LogP) is 4.87. The van der Waals surface area contributed by atoms with Gasteiger partial charge in [-0.2, -0.15) is 0 Å². The highest BCUT2D eigenvalue weighted by Gasteiger charge is 2.31. The summed E-state index contributed by atoms with van der Waals surface area (Å²) in [5.41, 5.74) is -1.20. The molecule has 1 heterocycles. The van der Waals surface area contributed by atoms with E-state index in [9.17, 15) is 9.50 Å². The Morgan fingerprint density at radius 2 is 2.00 bits per heavy atom. The number of hydrogen-bond acceptors (Lipinski definition) is 2. The zero-order valence-electron chi connectivity index (χ0n) is 9.80. The van der Waals surface area contributed by atoms with Gasteiger partial charge >= 0.3 is 0 Å². The molecule has 0 bridgehead atoms. The van der Waals surface area contributed by atoms with Gasteiger partial charge in [0.05, 0.1) is 5.02 Å². The Morgan fingerprint density at radius 1 is 1.33 bits per heavy atom. The van der Waals surface area contributed by atoms with Crippen LogP contribution < -0.4 is 0 Å². The Balaban J connectivity index is 2.57. The van der Waals surface area contributed by atoms with Crippen molar-refractivity contribution >= 4 is 38.9 Å². The molecule has 0 amide bonds. The Labute approximate surface area is 122 Å². The van der Waals surface area contributed by atoms with Crippen LogP contribution >= 0.6 is 38.9 Å². The molecular weight excluding hydrogens is 339 g/mol. The van der Waals surface area contributed by atoms with Crippen molar-refractivity contribution in [1.29, 1.82) is 0 Å². The van der Waals surface area contributed by atoms with Crippen molar-refractivity contribution in [2.75, 3.05) is 0 Å². The van der Waals surface area contributed by atoms with Crippen LogP contribution in [0.5, 0.6) is 0 Å². The van der Waals surface area contributed by atoms with E-state index in [0.29, 0.717) is 9.35 Å². The highest BCUT2D eigenvalue weighted by Crippen LogP contribution is 2.38. The maximum absolute atomic E-state index is 14.1. The third kappa shape index (κ3) is 2.35. The lowest BCUT2D eigenvalue weighted by Gasteiger charge is -2.23. The molecule has 0 radical (unpaired) electrons. The quantitative estimate of drug-likeness (QED) is 0.767. The molecule has 2 aromatic rings.